The summed E-state index contributed by atoms with van der Waals surface area (Å²) in [5.41, 5.74) is 4.62. The van der Waals surface area contributed by atoms with Crippen molar-refractivity contribution >= 4 is 10.9 Å². The SMILES string of the molecule is Cn1c2c(c3ccccc31)CC(C1CCOCC1)CC2. The van der Waals surface area contributed by atoms with Gasteiger partial charge in [0.15, 0.2) is 0 Å². The third kappa shape index (κ3) is 1.89. The van der Waals surface area contributed by atoms with E-state index in [1.807, 2.05) is 0 Å². The van der Waals surface area contributed by atoms with E-state index in [0.29, 0.717) is 0 Å². The van der Waals surface area contributed by atoms with Crippen molar-refractivity contribution in [3.8, 4) is 0 Å². The van der Waals surface area contributed by atoms with Gasteiger partial charge in [0, 0.05) is 36.9 Å². The molecule has 1 aromatic carbocycles. The zero-order valence-corrected chi connectivity index (χ0v) is 12.3. The van der Waals surface area contributed by atoms with Gasteiger partial charge in [0.25, 0.3) is 0 Å². The molecule has 2 heterocycles. The van der Waals surface area contributed by atoms with Crippen molar-refractivity contribution < 1.29 is 4.74 Å². The highest BCUT2D eigenvalue weighted by molar-refractivity contribution is 5.85. The van der Waals surface area contributed by atoms with Gasteiger partial charge < -0.3 is 9.30 Å². The van der Waals surface area contributed by atoms with E-state index in [1.54, 1.807) is 11.3 Å². The average molecular weight is 269 g/mol. The van der Waals surface area contributed by atoms with Crippen LogP contribution in [0.15, 0.2) is 24.3 Å². The van der Waals surface area contributed by atoms with Gasteiger partial charge in [-0.25, -0.2) is 0 Å². The molecule has 2 aromatic rings. The molecule has 2 aliphatic rings. The standard InChI is InChI=1S/C18H23NO/c1-19-17-5-3-2-4-15(17)16-12-14(6-7-18(16)19)13-8-10-20-11-9-13/h2-5,13-14H,6-12H2,1H3. The van der Waals surface area contributed by atoms with Crippen molar-refractivity contribution in [1.29, 1.82) is 0 Å². The molecule has 0 N–H and O–H groups in total. The van der Waals surface area contributed by atoms with Gasteiger partial charge in [0.2, 0.25) is 0 Å². The Morgan fingerprint density at radius 3 is 2.70 bits per heavy atom. The van der Waals surface area contributed by atoms with Gasteiger partial charge in [-0.3, -0.25) is 0 Å². The first kappa shape index (κ1) is 12.5. The van der Waals surface area contributed by atoms with Crippen LogP contribution in [0, 0.1) is 11.8 Å². The fraction of sp³-hybridized carbons (Fsp3) is 0.556. The molecule has 20 heavy (non-hydrogen) atoms. The zero-order chi connectivity index (χ0) is 13.5. The van der Waals surface area contributed by atoms with Gasteiger partial charge in [0.1, 0.15) is 0 Å². The van der Waals surface area contributed by atoms with Crippen LogP contribution in [0.1, 0.15) is 30.5 Å². The van der Waals surface area contributed by atoms with E-state index in [0.717, 1.165) is 25.0 Å². The van der Waals surface area contributed by atoms with Crippen molar-refractivity contribution in [1.82, 2.24) is 4.57 Å². The lowest BCUT2D eigenvalue weighted by atomic mass is 9.75. The lowest BCUT2D eigenvalue weighted by Crippen LogP contribution is -2.28. The van der Waals surface area contributed by atoms with Crippen molar-refractivity contribution in [3.63, 3.8) is 0 Å². The Labute approximate surface area is 120 Å². The Balaban J connectivity index is 1.69. The Morgan fingerprint density at radius 1 is 1.05 bits per heavy atom. The zero-order valence-electron chi connectivity index (χ0n) is 12.3. The van der Waals surface area contributed by atoms with E-state index in [4.69, 9.17) is 4.74 Å². The van der Waals surface area contributed by atoms with Crippen molar-refractivity contribution in [2.24, 2.45) is 18.9 Å². The minimum absolute atomic E-state index is 0.872. The molecular weight excluding hydrogens is 246 g/mol. The van der Waals surface area contributed by atoms with E-state index < -0.39 is 0 Å². The molecule has 0 radical (unpaired) electrons. The molecule has 1 fully saturated rings. The minimum atomic E-state index is 0.872. The van der Waals surface area contributed by atoms with Crippen molar-refractivity contribution in [3.05, 3.63) is 35.5 Å². The summed E-state index contributed by atoms with van der Waals surface area (Å²) in [5, 5.41) is 1.49. The Hall–Kier alpha value is -1.28. The Morgan fingerprint density at radius 2 is 1.85 bits per heavy atom. The summed E-state index contributed by atoms with van der Waals surface area (Å²) in [6, 6.07) is 8.90. The molecule has 2 nitrogen and oxygen atoms in total. The predicted octanol–water partition coefficient (Wildman–Crippen LogP) is 3.71. The highest BCUT2D eigenvalue weighted by atomic mass is 16.5. The topological polar surface area (TPSA) is 14.2 Å². The second kappa shape index (κ2) is 4.92. The second-order valence-electron chi connectivity index (χ2n) is 6.45. The van der Waals surface area contributed by atoms with Crippen LogP contribution < -0.4 is 0 Å². The molecule has 1 aliphatic heterocycles. The third-order valence-corrected chi connectivity index (χ3v) is 5.49. The first-order chi connectivity index (χ1) is 9.84. The molecule has 0 spiro atoms. The largest absolute Gasteiger partial charge is 0.381 e. The maximum Gasteiger partial charge on any atom is 0.0482 e. The monoisotopic (exact) mass is 269 g/mol. The Kier molecular flexibility index (Phi) is 3.07. The van der Waals surface area contributed by atoms with Crippen molar-refractivity contribution in [2.75, 3.05) is 13.2 Å². The van der Waals surface area contributed by atoms with Gasteiger partial charge in [0.05, 0.1) is 0 Å². The Bertz CT molecular complexity index is 622. The molecule has 0 bridgehead atoms. The molecule has 4 rings (SSSR count). The number of hydrogen-bond acceptors (Lipinski definition) is 1. The summed E-state index contributed by atoms with van der Waals surface area (Å²) in [6.45, 7) is 1.95. The highest BCUT2D eigenvalue weighted by Gasteiger charge is 2.30. The summed E-state index contributed by atoms with van der Waals surface area (Å²) < 4.78 is 7.95. The van der Waals surface area contributed by atoms with Crippen molar-refractivity contribution in [2.45, 2.75) is 32.1 Å². The van der Waals surface area contributed by atoms with Crippen LogP contribution in [0.3, 0.4) is 0 Å². The summed E-state index contributed by atoms with van der Waals surface area (Å²) >= 11 is 0. The quantitative estimate of drug-likeness (QED) is 0.770. The molecule has 1 aromatic heterocycles. The maximum absolute atomic E-state index is 5.53. The summed E-state index contributed by atoms with van der Waals surface area (Å²) in [5.74, 6) is 1.76. The van der Waals surface area contributed by atoms with Crippen LogP contribution in [-0.2, 0) is 24.6 Å². The third-order valence-electron chi connectivity index (χ3n) is 5.49. The number of benzene rings is 1. The van der Waals surface area contributed by atoms with Crippen LogP contribution >= 0.6 is 0 Å². The van der Waals surface area contributed by atoms with Gasteiger partial charge >= 0.3 is 0 Å². The molecular formula is C18H23NO. The minimum Gasteiger partial charge on any atom is -0.381 e. The predicted molar refractivity (Wildman–Crippen MR) is 82.0 cm³/mol. The molecule has 1 atom stereocenters. The number of hydrogen-bond donors (Lipinski definition) is 0. The van der Waals surface area contributed by atoms with Gasteiger partial charge in [-0.2, -0.15) is 0 Å². The van der Waals surface area contributed by atoms with Gasteiger partial charge in [-0.15, -0.1) is 0 Å². The van der Waals surface area contributed by atoms with E-state index in [1.165, 1.54) is 43.0 Å². The van der Waals surface area contributed by atoms with Gasteiger partial charge in [-0.1, -0.05) is 18.2 Å². The number of ether oxygens (including phenoxy) is 1. The second-order valence-corrected chi connectivity index (χ2v) is 6.45. The smallest absolute Gasteiger partial charge is 0.0482 e. The highest BCUT2D eigenvalue weighted by Crippen LogP contribution is 2.38. The molecule has 0 amide bonds. The number of fused-ring (bicyclic) bond motifs is 3. The number of rotatable bonds is 1. The van der Waals surface area contributed by atoms with Crippen LogP contribution in [0.5, 0.6) is 0 Å². The fourth-order valence-electron chi connectivity index (χ4n) is 4.35. The first-order valence-corrected chi connectivity index (χ1v) is 7.97. The molecule has 1 unspecified atom stereocenters. The van der Waals surface area contributed by atoms with E-state index in [2.05, 4.69) is 35.9 Å². The van der Waals surface area contributed by atoms with E-state index in [9.17, 15) is 0 Å². The fourth-order valence-corrected chi connectivity index (χ4v) is 4.35. The lowest BCUT2D eigenvalue weighted by Gasteiger charge is -2.33. The molecule has 1 aliphatic carbocycles. The van der Waals surface area contributed by atoms with E-state index >= 15 is 0 Å². The van der Waals surface area contributed by atoms with Crippen LogP contribution in [0.4, 0.5) is 0 Å². The molecule has 1 saturated heterocycles. The van der Waals surface area contributed by atoms with Crippen LogP contribution in [0.2, 0.25) is 0 Å². The molecule has 106 valence electrons. The first-order valence-electron chi connectivity index (χ1n) is 7.97. The van der Waals surface area contributed by atoms with E-state index in [-0.39, 0.29) is 0 Å². The normalized spacial score (nSPS) is 23.9. The molecule has 0 saturated carbocycles. The lowest BCUT2D eigenvalue weighted by molar-refractivity contribution is 0.0439. The number of nitrogens with zero attached hydrogens (tertiary/aromatic N) is 1. The number of aromatic nitrogens is 1. The van der Waals surface area contributed by atoms with Crippen LogP contribution in [-0.4, -0.2) is 17.8 Å². The van der Waals surface area contributed by atoms with Gasteiger partial charge in [-0.05, 0) is 55.6 Å². The van der Waals surface area contributed by atoms with Crippen LogP contribution in [0.25, 0.3) is 10.9 Å². The summed E-state index contributed by atoms with van der Waals surface area (Å²) in [6.07, 6.45) is 6.43. The number of aryl methyl sites for hydroxylation is 1. The molecule has 2 heteroatoms. The maximum atomic E-state index is 5.53. The summed E-state index contributed by atoms with van der Waals surface area (Å²) in [4.78, 5) is 0. The summed E-state index contributed by atoms with van der Waals surface area (Å²) in [7, 11) is 2.23. The number of para-hydroxylation sites is 1. The average Bonchev–Trinajstić information content (AvgIpc) is 2.81.